The van der Waals surface area contributed by atoms with Crippen LogP contribution in [0, 0.1) is 11.6 Å². The van der Waals surface area contributed by atoms with Gasteiger partial charge < -0.3 is 10.2 Å². The molecule has 0 spiro atoms. The zero-order valence-electron chi connectivity index (χ0n) is 17.2. The van der Waals surface area contributed by atoms with E-state index >= 15 is 8.78 Å². The fourth-order valence-electron chi connectivity index (χ4n) is 3.47. The van der Waals surface area contributed by atoms with Crippen LogP contribution in [0.5, 0.6) is 0 Å². The molecule has 2 aromatic heterocycles. The van der Waals surface area contributed by atoms with Crippen LogP contribution in [-0.4, -0.2) is 35.4 Å². The molecule has 7 nitrogen and oxygen atoms in total. The highest BCUT2D eigenvalue weighted by molar-refractivity contribution is 6.30. The molecule has 0 aliphatic rings. The van der Waals surface area contributed by atoms with Crippen LogP contribution in [0.4, 0.5) is 17.6 Å². The Morgan fingerprint density at radius 2 is 1.71 bits per heavy atom. The molecule has 0 amide bonds. The minimum Gasteiger partial charge on any atom is -0.384 e. The van der Waals surface area contributed by atoms with E-state index in [4.69, 9.17) is 11.6 Å². The van der Waals surface area contributed by atoms with Crippen molar-refractivity contribution in [3.63, 3.8) is 0 Å². The summed E-state index contributed by atoms with van der Waals surface area (Å²) < 4.78 is 60.2. The van der Waals surface area contributed by atoms with E-state index in [2.05, 4.69) is 20.5 Å². The van der Waals surface area contributed by atoms with E-state index < -0.39 is 47.1 Å². The minimum absolute atomic E-state index is 0.193. The second kappa shape index (κ2) is 9.09. The number of alkyl halides is 2. The molecule has 0 aliphatic carbocycles. The van der Waals surface area contributed by atoms with Gasteiger partial charge in [0.2, 0.25) is 0 Å². The highest BCUT2D eigenvalue weighted by Gasteiger charge is 2.58. The standard InChI is InChI=1S/C22H16ClF4N5O2/c23-15-4-1-13(2-5-15)20(33)14-3-8-19(28-10-14)22(26,27)21(34,11-32-12-29-30-31-32)17-7-6-16(24)9-18(17)25/h1-10,12,20,33-34H,11H2. The molecule has 0 saturated heterocycles. The summed E-state index contributed by atoms with van der Waals surface area (Å²) in [5.74, 6) is -6.58. The third-order valence-electron chi connectivity index (χ3n) is 5.29. The molecule has 0 saturated carbocycles. The Bertz CT molecular complexity index is 1270. The first-order valence-corrected chi connectivity index (χ1v) is 10.2. The molecule has 0 fully saturated rings. The number of rotatable bonds is 7. The molecule has 4 aromatic rings. The molecular formula is C22H16ClF4N5O2. The fourth-order valence-corrected chi connectivity index (χ4v) is 3.59. The second-order valence-electron chi connectivity index (χ2n) is 7.50. The number of aliphatic hydroxyl groups is 2. The Labute approximate surface area is 195 Å². The second-order valence-corrected chi connectivity index (χ2v) is 7.93. The maximum Gasteiger partial charge on any atom is 0.323 e. The van der Waals surface area contributed by atoms with Crippen LogP contribution in [0.2, 0.25) is 5.02 Å². The number of pyridine rings is 1. The number of aromatic nitrogens is 5. The Kier molecular flexibility index (Phi) is 6.34. The summed E-state index contributed by atoms with van der Waals surface area (Å²) in [6.45, 7) is -0.966. The van der Waals surface area contributed by atoms with E-state index in [9.17, 15) is 19.0 Å². The first-order chi connectivity index (χ1) is 16.1. The smallest absolute Gasteiger partial charge is 0.323 e. The van der Waals surface area contributed by atoms with Crippen LogP contribution in [0.25, 0.3) is 0 Å². The van der Waals surface area contributed by atoms with Crippen molar-refractivity contribution in [1.29, 1.82) is 0 Å². The number of hydrogen-bond donors (Lipinski definition) is 2. The van der Waals surface area contributed by atoms with Gasteiger partial charge in [-0.25, -0.2) is 13.5 Å². The van der Waals surface area contributed by atoms with Crippen LogP contribution >= 0.6 is 11.6 Å². The molecule has 2 atom stereocenters. The third kappa shape index (κ3) is 4.37. The summed E-state index contributed by atoms with van der Waals surface area (Å²) in [6, 6.07) is 10.2. The molecule has 2 unspecified atom stereocenters. The number of aliphatic hydroxyl groups excluding tert-OH is 1. The van der Waals surface area contributed by atoms with Gasteiger partial charge in [0.05, 0.1) is 6.54 Å². The van der Waals surface area contributed by atoms with Crippen molar-refractivity contribution < 1.29 is 27.8 Å². The quantitative estimate of drug-likeness (QED) is 0.381. The van der Waals surface area contributed by atoms with Crippen molar-refractivity contribution >= 4 is 11.6 Å². The van der Waals surface area contributed by atoms with E-state index in [1.54, 1.807) is 24.3 Å². The summed E-state index contributed by atoms with van der Waals surface area (Å²) >= 11 is 5.83. The number of hydrogen-bond acceptors (Lipinski definition) is 6. The number of nitrogens with zero attached hydrogens (tertiary/aromatic N) is 5. The van der Waals surface area contributed by atoms with Gasteiger partial charge in [-0.15, -0.1) is 5.10 Å². The van der Waals surface area contributed by atoms with Gasteiger partial charge in [-0.3, -0.25) is 4.98 Å². The average Bonchev–Trinajstić information content (AvgIpc) is 3.32. The van der Waals surface area contributed by atoms with Gasteiger partial charge in [0.25, 0.3) is 0 Å². The average molecular weight is 494 g/mol. The van der Waals surface area contributed by atoms with Crippen LogP contribution < -0.4 is 0 Å². The molecule has 4 rings (SSSR count). The zero-order chi connectivity index (χ0) is 24.5. The number of halogens is 5. The predicted molar refractivity (Wildman–Crippen MR) is 112 cm³/mol. The summed E-state index contributed by atoms with van der Waals surface area (Å²) in [5.41, 5.74) is -4.39. The van der Waals surface area contributed by atoms with Gasteiger partial charge in [-0.05, 0) is 46.3 Å². The van der Waals surface area contributed by atoms with Gasteiger partial charge in [0.15, 0.2) is 5.60 Å². The lowest BCUT2D eigenvalue weighted by Crippen LogP contribution is -2.48. The SMILES string of the molecule is OC(c1ccc(Cl)cc1)c1ccc(C(F)(F)C(O)(Cn2cnnn2)c2ccc(F)cc2F)nc1. The van der Waals surface area contributed by atoms with Crippen LogP contribution in [0.3, 0.4) is 0 Å². The van der Waals surface area contributed by atoms with Gasteiger partial charge in [0.1, 0.15) is 29.8 Å². The van der Waals surface area contributed by atoms with Gasteiger partial charge in [0, 0.05) is 28.4 Å². The molecular weight excluding hydrogens is 478 g/mol. The van der Waals surface area contributed by atoms with Crippen molar-refractivity contribution in [2.75, 3.05) is 0 Å². The molecule has 2 N–H and O–H groups in total. The molecule has 2 heterocycles. The Hall–Kier alpha value is -3.41. The van der Waals surface area contributed by atoms with E-state index in [0.717, 1.165) is 35.4 Å². The summed E-state index contributed by atoms with van der Waals surface area (Å²) in [4.78, 5) is 3.73. The van der Waals surface area contributed by atoms with Crippen molar-refractivity contribution in [2.24, 2.45) is 0 Å². The largest absolute Gasteiger partial charge is 0.384 e. The summed E-state index contributed by atoms with van der Waals surface area (Å²) in [5, 5.41) is 32.2. The summed E-state index contributed by atoms with van der Waals surface area (Å²) in [6.07, 6.45) is 0.796. The first-order valence-electron chi connectivity index (χ1n) is 9.78. The topological polar surface area (TPSA) is 97.0 Å². The normalized spacial score (nSPS) is 14.6. The van der Waals surface area contributed by atoms with Crippen molar-refractivity contribution in [3.05, 3.63) is 106 Å². The van der Waals surface area contributed by atoms with Gasteiger partial charge in [-0.2, -0.15) is 8.78 Å². The van der Waals surface area contributed by atoms with E-state index in [0.29, 0.717) is 16.7 Å². The third-order valence-corrected chi connectivity index (χ3v) is 5.54. The van der Waals surface area contributed by atoms with Crippen molar-refractivity contribution in [1.82, 2.24) is 25.2 Å². The van der Waals surface area contributed by atoms with Gasteiger partial charge >= 0.3 is 5.92 Å². The fraction of sp³-hybridized carbons (Fsp3) is 0.182. The van der Waals surface area contributed by atoms with Crippen molar-refractivity contribution in [2.45, 2.75) is 24.2 Å². The Balaban J connectivity index is 1.73. The lowest BCUT2D eigenvalue weighted by Gasteiger charge is -2.35. The lowest BCUT2D eigenvalue weighted by atomic mass is 9.84. The maximum absolute atomic E-state index is 15.7. The number of benzene rings is 2. The van der Waals surface area contributed by atoms with Crippen LogP contribution in [0.1, 0.15) is 28.5 Å². The first kappa shape index (κ1) is 23.7. The predicted octanol–water partition coefficient (Wildman–Crippen LogP) is 3.76. The Morgan fingerprint density at radius 3 is 2.29 bits per heavy atom. The molecule has 0 bridgehead atoms. The van der Waals surface area contributed by atoms with Gasteiger partial charge in [-0.1, -0.05) is 29.8 Å². The van der Waals surface area contributed by atoms with E-state index in [1.807, 2.05) is 0 Å². The highest BCUT2D eigenvalue weighted by Crippen LogP contribution is 2.46. The summed E-state index contributed by atoms with van der Waals surface area (Å²) in [7, 11) is 0. The minimum atomic E-state index is -4.19. The molecule has 0 radical (unpaired) electrons. The number of tetrazole rings is 1. The highest BCUT2D eigenvalue weighted by atomic mass is 35.5. The lowest BCUT2D eigenvalue weighted by molar-refractivity contribution is -0.207. The monoisotopic (exact) mass is 493 g/mol. The van der Waals surface area contributed by atoms with E-state index in [-0.39, 0.29) is 5.56 Å². The molecule has 34 heavy (non-hydrogen) atoms. The maximum atomic E-state index is 15.7. The van der Waals surface area contributed by atoms with Crippen LogP contribution in [0.15, 0.2) is 67.1 Å². The molecule has 176 valence electrons. The molecule has 12 heteroatoms. The zero-order valence-corrected chi connectivity index (χ0v) is 17.9. The van der Waals surface area contributed by atoms with Crippen molar-refractivity contribution in [3.8, 4) is 0 Å². The molecule has 0 aliphatic heterocycles. The molecule has 2 aromatic carbocycles. The van der Waals surface area contributed by atoms with Crippen LogP contribution in [-0.2, 0) is 18.1 Å². The Morgan fingerprint density at radius 1 is 1.00 bits per heavy atom. The van der Waals surface area contributed by atoms with E-state index in [1.165, 1.54) is 6.07 Å².